The molecule has 1 aromatic rings. The van der Waals surface area contributed by atoms with Gasteiger partial charge in [-0.25, -0.2) is 0 Å². The van der Waals surface area contributed by atoms with Gasteiger partial charge < -0.3 is 9.84 Å². The normalized spacial score (nSPS) is 27.0. The van der Waals surface area contributed by atoms with Crippen molar-refractivity contribution in [2.75, 3.05) is 20.2 Å². The van der Waals surface area contributed by atoms with E-state index in [0.29, 0.717) is 12.6 Å². The third kappa shape index (κ3) is 3.12. The van der Waals surface area contributed by atoms with E-state index in [-0.39, 0.29) is 11.8 Å². The van der Waals surface area contributed by atoms with Crippen LogP contribution in [0.15, 0.2) is 24.3 Å². The molecule has 4 heteroatoms. The average Bonchev–Trinajstić information content (AvgIpc) is 3.01. The first-order valence-corrected chi connectivity index (χ1v) is 8.30. The molecule has 1 N–H and O–H groups in total. The standard InChI is InChI=1S/C18H25NO3/c1-22-15-9-7-13(8-10-15)16-11-19(12-17(16)18(20)21)14-5-3-2-4-6-14/h7-10,14,16-17H,2-6,11-12H2,1H3,(H,20,21)/t16-,17?/m0/s1. The molecule has 2 aliphatic rings. The topological polar surface area (TPSA) is 49.8 Å². The second-order valence-electron chi connectivity index (χ2n) is 6.57. The van der Waals surface area contributed by atoms with Gasteiger partial charge in [0.1, 0.15) is 5.75 Å². The lowest BCUT2D eigenvalue weighted by Gasteiger charge is -2.31. The minimum absolute atomic E-state index is 0.0883. The van der Waals surface area contributed by atoms with Crippen molar-refractivity contribution in [3.63, 3.8) is 0 Å². The number of likely N-dealkylation sites (tertiary alicyclic amines) is 1. The molecule has 1 aliphatic carbocycles. The van der Waals surface area contributed by atoms with Crippen molar-refractivity contribution in [1.82, 2.24) is 4.90 Å². The number of aliphatic carboxylic acids is 1. The molecule has 2 atom stereocenters. The zero-order valence-electron chi connectivity index (χ0n) is 13.2. The monoisotopic (exact) mass is 303 g/mol. The fourth-order valence-electron chi connectivity index (χ4n) is 4.02. The van der Waals surface area contributed by atoms with E-state index in [9.17, 15) is 9.90 Å². The number of ether oxygens (including phenoxy) is 1. The molecule has 3 rings (SSSR count). The number of hydrogen-bond donors (Lipinski definition) is 1. The van der Waals surface area contributed by atoms with E-state index >= 15 is 0 Å². The van der Waals surface area contributed by atoms with Gasteiger partial charge in [-0.1, -0.05) is 31.4 Å². The molecule has 0 bridgehead atoms. The average molecular weight is 303 g/mol. The molecule has 1 heterocycles. The summed E-state index contributed by atoms with van der Waals surface area (Å²) in [5, 5.41) is 9.61. The van der Waals surface area contributed by atoms with Gasteiger partial charge in [-0.15, -0.1) is 0 Å². The van der Waals surface area contributed by atoms with Crippen molar-refractivity contribution in [1.29, 1.82) is 0 Å². The fraction of sp³-hybridized carbons (Fsp3) is 0.611. The smallest absolute Gasteiger partial charge is 0.308 e. The molecule has 1 aliphatic heterocycles. The predicted octanol–water partition coefficient (Wildman–Crippen LogP) is 3.13. The van der Waals surface area contributed by atoms with E-state index in [1.54, 1.807) is 7.11 Å². The maximum absolute atomic E-state index is 11.7. The summed E-state index contributed by atoms with van der Waals surface area (Å²) < 4.78 is 5.20. The van der Waals surface area contributed by atoms with Crippen LogP contribution in [0.25, 0.3) is 0 Å². The first-order chi connectivity index (χ1) is 10.7. The Bertz CT molecular complexity index is 508. The van der Waals surface area contributed by atoms with Gasteiger partial charge in [-0.05, 0) is 30.5 Å². The van der Waals surface area contributed by atoms with Crippen LogP contribution >= 0.6 is 0 Å². The highest BCUT2D eigenvalue weighted by molar-refractivity contribution is 5.72. The molecular formula is C18H25NO3. The molecule has 0 radical (unpaired) electrons. The van der Waals surface area contributed by atoms with Crippen molar-refractivity contribution in [3.8, 4) is 5.75 Å². The Labute approximate surface area is 132 Å². The van der Waals surface area contributed by atoms with Gasteiger partial charge in [0.2, 0.25) is 0 Å². The van der Waals surface area contributed by atoms with Crippen LogP contribution in [0.4, 0.5) is 0 Å². The van der Waals surface area contributed by atoms with Crippen LogP contribution in [0.3, 0.4) is 0 Å². The highest BCUT2D eigenvalue weighted by atomic mass is 16.5. The number of rotatable bonds is 4. The molecule has 1 saturated carbocycles. The summed E-state index contributed by atoms with van der Waals surface area (Å²) >= 11 is 0. The minimum Gasteiger partial charge on any atom is -0.497 e. The molecular weight excluding hydrogens is 278 g/mol. The summed E-state index contributed by atoms with van der Waals surface area (Å²) in [6.45, 7) is 1.56. The number of carbonyl (C=O) groups is 1. The highest BCUT2D eigenvalue weighted by Gasteiger charge is 2.40. The fourth-order valence-corrected chi connectivity index (χ4v) is 4.02. The Morgan fingerprint density at radius 1 is 1.14 bits per heavy atom. The van der Waals surface area contributed by atoms with Crippen molar-refractivity contribution < 1.29 is 14.6 Å². The van der Waals surface area contributed by atoms with Crippen molar-refractivity contribution >= 4 is 5.97 Å². The van der Waals surface area contributed by atoms with Gasteiger partial charge in [0.05, 0.1) is 13.0 Å². The molecule has 0 aromatic heterocycles. The lowest BCUT2D eigenvalue weighted by atomic mass is 9.89. The van der Waals surface area contributed by atoms with Gasteiger partial charge in [-0.3, -0.25) is 9.69 Å². The minimum atomic E-state index is -0.667. The SMILES string of the molecule is COc1ccc([C@@H]2CN(C3CCCCC3)CC2C(=O)O)cc1. The third-order valence-electron chi connectivity index (χ3n) is 5.30. The van der Waals surface area contributed by atoms with Crippen molar-refractivity contribution in [2.24, 2.45) is 5.92 Å². The quantitative estimate of drug-likeness (QED) is 0.928. The molecule has 1 saturated heterocycles. The molecule has 2 fully saturated rings. The van der Waals surface area contributed by atoms with Gasteiger partial charge in [0.25, 0.3) is 0 Å². The maximum Gasteiger partial charge on any atom is 0.308 e. The van der Waals surface area contributed by atoms with Crippen LogP contribution in [-0.4, -0.2) is 42.2 Å². The van der Waals surface area contributed by atoms with E-state index in [1.165, 1.54) is 32.1 Å². The largest absolute Gasteiger partial charge is 0.497 e. The van der Waals surface area contributed by atoms with Crippen molar-refractivity contribution in [3.05, 3.63) is 29.8 Å². The lowest BCUT2D eigenvalue weighted by Crippen LogP contribution is -2.35. The first kappa shape index (κ1) is 15.3. The van der Waals surface area contributed by atoms with Gasteiger partial charge in [-0.2, -0.15) is 0 Å². The summed E-state index contributed by atoms with van der Waals surface area (Å²) in [5.74, 6) is -0.0578. The molecule has 0 spiro atoms. The molecule has 1 aromatic carbocycles. The van der Waals surface area contributed by atoms with Crippen LogP contribution in [-0.2, 0) is 4.79 Å². The Balaban J connectivity index is 1.76. The van der Waals surface area contributed by atoms with E-state index < -0.39 is 5.97 Å². The highest BCUT2D eigenvalue weighted by Crippen LogP contribution is 2.37. The van der Waals surface area contributed by atoms with Crippen LogP contribution < -0.4 is 4.74 Å². The summed E-state index contributed by atoms with van der Waals surface area (Å²) in [7, 11) is 1.65. The second-order valence-corrected chi connectivity index (χ2v) is 6.57. The Morgan fingerprint density at radius 2 is 1.82 bits per heavy atom. The summed E-state index contributed by atoms with van der Waals surface area (Å²) in [6.07, 6.45) is 6.34. The van der Waals surface area contributed by atoms with Crippen LogP contribution in [0.5, 0.6) is 5.75 Å². The zero-order valence-corrected chi connectivity index (χ0v) is 13.2. The molecule has 0 amide bonds. The van der Waals surface area contributed by atoms with E-state index in [2.05, 4.69) is 4.90 Å². The number of nitrogens with zero attached hydrogens (tertiary/aromatic N) is 1. The third-order valence-corrected chi connectivity index (χ3v) is 5.30. The van der Waals surface area contributed by atoms with Gasteiger partial charge >= 0.3 is 5.97 Å². The molecule has 120 valence electrons. The summed E-state index contributed by atoms with van der Waals surface area (Å²) in [5.41, 5.74) is 1.12. The Kier molecular flexibility index (Phi) is 4.67. The Morgan fingerprint density at radius 3 is 2.41 bits per heavy atom. The summed E-state index contributed by atoms with van der Waals surface area (Å²) in [6, 6.07) is 8.47. The molecule has 22 heavy (non-hydrogen) atoms. The predicted molar refractivity (Wildman–Crippen MR) is 85.3 cm³/mol. The van der Waals surface area contributed by atoms with E-state index in [1.807, 2.05) is 24.3 Å². The molecule has 4 nitrogen and oxygen atoms in total. The van der Waals surface area contributed by atoms with Crippen LogP contribution in [0, 0.1) is 5.92 Å². The van der Waals surface area contributed by atoms with Crippen molar-refractivity contribution in [2.45, 2.75) is 44.1 Å². The first-order valence-electron chi connectivity index (χ1n) is 8.30. The number of benzene rings is 1. The van der Waals surface area contributed by atoms with E-state index in [4.69, 9.17) is 4.74 Å². The Hall–Kier alpha value is -1.55. The lowest BCUT2D eigenvalue weighted by molar-refractivity contribution is -0.141. The number of methoxy groups -OCH3 is 1. The number of carboxylic acid groups (broad SMARTS) is 1. The van der Waals surface area contributed by atoms with Crippen LogP contribution in [0.1, 0.15) is 43.6 Å². The van der Waals surface area contributed by atoms with Gasteiger partial charge in [0, 0.05) is 25.0 Å². The van der Waals surface area contributed by atoms with Crippen LogP contribution in [0.2, 0.25) is 0 Å². The van der Waals surface area contributed by atoms with E-state index in [0.717, 1.165) is 17.9 Å². The van der Waals surface area contributed by atoms with Gasteiger partial charge in [0.15, 0.2) is 0 Å². The number of carboxylic acids is 1. The zero-order chi connectivity index (χ0) is 15.5. The molecule has 1 unspecified atom stereocenters. The maximum atomic E-state index is 11.7. The second kappa shape index (κ2) is 6.69. The number of hydrogen-bond acceptors (Lipinski definition) is 3. The summed E-state index contributed by atoms with van der Waals surface area (Å²) in [4.78, 5) is 14.1.